The lowest BCUT2D eigenvalue weighted by molar-refractivity contribution is 0.400. The second-order valence-electron chi connectivity index (χ2n) is 5.45. The summed E-state index contributed by atoms with van der Waals surface area (Å²) in [6.45, 7) is 12.1. The van der Waals surface area contributed by atoms with Crippen molar-refractivity contribution in [3.05, 3.63) is 17.0 Å². The highest BCUT2D eigenvalue weighted by molar-refractivity contribution is 5.22. The Labute approximate surface area is 116 Å². The van der Waals surface area contributed by atoms with Gasteiger partial charge in [0.25, 0.3) is 0 Å². The minimum absolute atomic E-state index is 0.389. The number of aryl methyl sites for hydroxylation is 2. The molecule has 0 spiro atoms. The van der Waals surface area contributed by atoms with E-state index in [0.29, 0.717) is 0 Å². The van der Waals surface area contributed by atoms with Crippen LogP contribution in [-0.2, 0) is 6.54 Å². The van der Waals surface area contributed by atoms with Gasteiger partial charge in [0.05, 0.1) is 11.8 Å². The molecule has 0 aliphatic heterocycles. The molecular formula is C15H26N4. The normalized spacial score (nSPS) is 14.1. The van der Waals surface area contributed by atoms with Gasteiger partial charge >= 0.3 is 0 Å². The van der Waals surface area contributed by atoms with Crippen molar-refractivity contribution < 1.29 is 0 Å². The van der Waals surface area contributed by atoms with E-state index in [1.807, 2.05) is 13.8 Å². The predicted molar refractivity (Wildman–Crippen MR) is 78.0 cm³/mol. The van der Waals surface area contributed by atoms with Crippen molar-refractivity contribution in [1.29, 1.82) is 5.26 Å². The Bertz CT molecular complexity index is 455. The van der Waals surface area contributed by atoms with Crippen LogP contribution in [0.5, 0.6) is 0 Å². The van der Waals surface area contributed by atoms with E-state index in [1.165, 1.54) is 11.3 Å². The van der Waals surface area contributed by atoms with Crippen LogP contribution in [0.25, 0.3) is 0 Å². The quantitative estimate of drug-likeness (QED) is 0.769. The summed E-state index contributed by atoms with van der Waals surface area (Å²) in [5.74, 6) is 0. The summed E-state index contributed by atoms with van der Waals surface area (Å²) in [6, 6.07) is 2.37. The van der Waals surface area contributed by atoms with Crippen molar-refractivity contribution in [3.8, 4) is 6.07 Å². The van der Waals surface area contributed by atoms with Crippen molar-refractivity contribution >= 4 is 0 Å². The minimum atomic E-state index is -0.389. The number of unbranched alkanes of at least 4 members (excludes halogenated alkanes) is 1. The van der Waals surface area contributed by atoms with E-state index in [2.05, 4.69) is 41.9 Å². The molecule has 1 aromatic heterocycles. The molecule has 4 nitrogen and oxygen atoms in total. The van der Waals surface area contributed by atoms with Gasteiger partial charge in [0, 0.05) is 12.2 Å². The highest BCUT2D eigenvalue weighted by Gasteiger charge is 2.21. The Morgan fingerprint density at radius 3 is 2.47 bits per heavy atom. The third kappa shape index (κ3) is 4.07. The van der Waals surface area contributed by atoms with Crippen molar-refractivity contribution in [2.75, 3.05) is 6.54 Å². The molecule has 19 heavy (non-hydrogen) atoms. The van der Waals surface area contributed by atoms with Crippen LogP contribution in [0, 0.1) is 32.1 Å². The number of hydrogen-bond donors (Lipinski definition) is 1. The van der Waals surface area contributed by atoms with E-state index < -0.39 is 0 Å². The lowest BCUT2D eigenvalue weighted by Crippen LogP contribution is -2.40. The molecule has 0 aliphatic carbocycles. The number of nitriles is 1. The molecule has 0 radical (unpaired) electrons. The molecule has 0 saturated heterocycles. The van der Waals surface area contributed by atoms with E-state index in [1.54, 1.807) is 0 Å². The number of nitrogens with zero attached hydrogens (tertiary/aromatic N) is 3. The first kappa shape index (κ1) is 15.7. The van der Waals surface area contributed by atoms with Gasteiger partial charge < -0.3 is 0 Å². The zero-order chi connectivity index (χ0) is 14.5. The highest BCUT2D eigenvalue weighted by Crippen LogP contribution is 2.15. The average Bonchev–Trinajstić information content (AvgIpc) is 2.63. The van der Waals surface area contributed by atoms with Gasteiger partial charge in [0.2, 0.25) is 0 Å². The molecular weight excluding hydrogens is 236 g/mol. The Hall–Kier alpha value is -1.34. The van der Waals surface area contributed by atoms with Gasteiger partial charge in [0.1, 0.15) is 5.54 Å². The van der Waals surface area contributed by atoms with Crippen molar-refractivity contribution in [3.63, 3.8) is 0 Å². The van der Waals surface area contributed by atoms with Gasteiger partial charge in [-0.05, 0) is 59.1 Å². The first-order chi connectivity index (χ1) is 8.93. The van der Waals surface area contributed by atoms with Gasteiger partial charge in [-0.1, -0.05) is 6.92 Å². The lowest BCUT2D eigenvalue weighted by atomic mass is 9.96. The third-order valence-corrected chi connectivity index (χ3v) is 3.85. The van der Waals surface area contributed by atoms with Crippen LogP contribution in [0.4, 0.5) is 0 Å². The van der Waals surface area contributed by atoms with E-state index in [0.717, 1.165) is 38.0 Å². The molecule has 0 amide bonds. The van der Waals surface area contributed by atoms with E-state index in [9.17, 15) is 5.26 Å². The van der Waals surface area contributed by atoms with Gasteiger partial charge in [-0.3, -0.25) is 10.00 Å². The van der Waals surface area contributed by atoms with Crippen LogP contribution in [0.15, 0.2) is 0 Å². The molecule has 0 bridgehead atoms. The molecule has 0 aliphatic rings. The molecule has 1 rings (SSSR count). The Balaban J connectivity index is 2.43. The summed E-state index contributed by atoms with van der Waals surface area (Å²) in [5.41, 5.74) is 3.27. The molecule has 1 N–H and O–H groups in total. The fourth-order valence-corrected chi connectivity index (χ4v) is 2.32. The number of aromatic nitrogens is 2. The van der Waals surface area contributed by atoms with E-state index >= 15 is 0 Å². The molecule has 106 valence electrons. The summed E-state index contributed by atoms with van der Waals surface area (Å²) >= 11 is 0. The molecule has 0 saturated carbocycles. The first-order valence-corrected chi connectivity index (χ1v) is 7.10. The maximum absolute atomic E-state index is 9.19. The summed E-state index contributed by atoms with van der Waals surface area (Å²) in [7, 11) is 0. The first-order valence-electron chi connectivity index (χ1n) is 7.10. The largest absolute Gasteiger partial charge is 0.300 e. The van der Waals surface area contributed by atoms with Crippen LogP contribution in [0.1, 0.15) is 50.1 Å². The lowest BCUT2D eigenvalue weighted by Gasteiger charge is -2.22. The van der Waals surface area contributed by atoms with Crippen LogP contribution >= 0.6 is 0 Å². The topological polar surface area (TPSA) is 53.6 Å². The molecule has 1 heterocycles. The molecule has 4 heteroatoms. The Kier molecular flexibility index (Phi) is 5.56. The van der Waals surface area contributed by atoms with Crippen LogP contribution in [-0.4, -0.2) is 21.9 Å². The van der Waals surface area contributed by atoms with E-state index in [-0.39, 0.29) is 5.54 Å². The third-order valence-electron chi connectivity index (χ3n) is 3.85. The van der Waals surface area contributed by atoms with Crippen molar-refractivity contribution in [2.24, 2.45) is 0 Å². The van der Waals surface area contributed by atoms with Crippen molar-refractivity contribution in [1.82, 2.24) is 15.1 Å². The van der Waals surface area contributed by atoms with Crippen LogP contribution in [0.3, 0.4) is 0 Å². The average molecular weight is 262 g/mol. The second kappa shape index (κ2) is 6.72. The van der Waals surface area contributed by atoms with Gasteiger partial charge in [-0.2, -0.15) is 10.4 Å². The Morgan fingerprint density at radius 2 is 2.00 bits per heavy atom. The second-order valence-corrected chi connectivity index (χ2v) is 5.45. The standard InChI is InChI=1S/C15H26N4/c1-6-17-15(5,11-16)9-7-8-10-19-14(4)12(2)13(3)18-19/h17H,6-10H2,1-5H3. The Morgan fingerprint density at radius 1 is 1.32 bits per heavy atom. The molecule has 0 fully saturated rings. The van der Waals surface area contributed by atoms with E-state index in [4.69, 9.17) is 0 Å². The number of hydrogen-bond acceptors (Lipinski definition) is 3. The zero-order valence-electron chi connectivity index (χ0n) is 12.9. The van der Waals surface area contributed by atoms with Crippen molar-refractivity contribution in [2.45, 2.75) is 66.0 Å². The smallest absolute Gasteiger partial charge is 0.103 e. The maximum atomic E-state index is 9.19. The molecule has 0 aromatic carbocycles. The van der Waals surface area contributed by atoms with Gasteiger partial charge in [-0.25, -0.2) is 0 Å². The molecule has 1 unspecified atom stereocenters. The SMILES string of the molecule is CCNC(C)(C#N)CCCCn1nc(C)c(C)c1C. The minimum Gasteiger partial charge on any atom is -0.300 e. The molecule has 1 atom stereocenters. The molecule has 1 aromatic rings. The number of rotatable bonds is 7. The summed E-state index contributed by atoms with van der Waals surface area (Å²) in [4.78, 5) is 0. The van der Waals surface area contributed by atoms with Crippen LogP contribution < -0.4 is 5.32 Å². The fourth-order valence-electron chi connectivity index (χ4n) is 2.32. The monoisotopic (exact) mass is 262 g/mol. The van der Waals surface area contributed by atoms with Gasteiger partial charge in [0.15, 0.2) is 0 Å². The highest BCUT2D eigenvalue weighted by atomic mass is 15.3. The maximum Gasteiger partial charge on any atom is 0.103 e. The summed E-state index contributed by atoms with van der Waals surface area (Å²) in [5, 5.41) is 17.0. The summed E-state index contributed by atoms with van der Waals surface area (Å²) < 4.78 is 2.08. The predicted octanol–water partition coefficient (Wildman–Crippen LogP) is 2.87. The number of nitrogens with one attached hydrogen (secondary N) is 1. The fraction of sp³-hybridized carbons (Fsp3) is 0.733. The summed E-state index contributed by atoms with van der Waals surface area (Å²) in [6.07, 6.45) is 2.98. The van der Waals surface area contributed by atoms with Crippen LogP contribution in [0.2, 0.25) is 0 Å². The van der Waals surface area contributed by atoms with Gasteiger partial charge in [-0.15, -0.1) is 0 Å². The zero-order valence-corrected chi connectivity index (χ0v) is 12.9.